The number of nitrogens with one attached hydrogen (secondary N) is 2. The van der Waals surface area contributed by atoms with E-state index in [1.807, 2.05) is 50.2 Å². The van der Waals surface area contributed by atoms with Gasteiger partial charge in [0.2, 0.25) is 5.91 Å². The quantitative estimate of drug-likeness (QED) is 0.540. The van der Waals surface area contributed by atoms with Gasteiger partial charge in [0.05, 0.1) is 5.41 Å². The Morgan fingerprint density at radius 3 is 2.09 bits per heavy atom. The van der Waals surface area contributed by atoms with Gasteiger partial charge in [0, 0.05) is 12.5 Å². The number of rotatable bonds is 8. The predicted octanol–water partition coefficient (Wildman–Crippen LogP) is 4.31. The second kappa shape index (κ2) is 9.87. The maximum atomic E-state index is 12.9. The van der Waals surface area contributed by atoms with Gasteiger partial charge in [-0.3, -0.25) is 9.59 Å². The summed E-state index contributed by atoms with van der Waals surface area (Å²) in [5.74, 6) is -1.53. The van der Waals surface area contributed by atoms with Crippen molar-refractivity contribution in [3.63, 3.8) is 0 Å². The number of ether oxygens (including phenoxy) is 1. The molecule has 0 aromatic heterocycles. The van der Waals surface area contributed by atoms with Crippen LogP contribution in [0.15, 0.2) is 48.5 Å². The number of carboxylic acids is 1. The van der Waals surface area contributed by atoms with E-state index in [1.54, 1.807) is 0 Å². The molecule has 0 spiro atoms. The Bertz CT molecular complexity index is 1030. The van der Waals surface area contributed by atoms with Crippen LogP contribution in [0.1, 0.15) is 56.6 Å². The van der Waals surface area contributed by atoms with Crippen LogP contribution in [-0.2, 0) is 14.3 Å². The Morgan fingerprint density at radius 1 is 1.00 bits per heavy atom. The van der Waals surface area contributed by atoms with Gasteiger partial charge in [0.15, 0.2) is 0 Å². The molecule has 2 aromatic carbocycles. The van der Waals surface area contributed by atoms with Crippen molar-refractivity contribution < 1.29 is 24.2 Å². The highest BCUT2D eigenvalue weighted by Gasteiger charge is 2.42. The SMILES string of the molecule is CC(C)C(NC(=O)OCC1c2ccccc2-c2ccccc21)C(=O)NCC1(C(=O)O)CCCC1. The molecule has 0 aliphatic heterocycles. The second-order valence-electron chi connectivity index (χ2n) is 9.70. The number of fused-ring (bicyclic) bond motifs is 3. The summed E-state index contributed by atoms with van der Waals surface area (Å²) in [5, 5.41) is 15.1. The van der Waals surface area contributed by atoms with Crippen LogP contribution in [-0.4, -0.2) is 42.3 Å². The van der Waals surface area contributed by atoms with Gasteiger partial charge in [-0.1, -0.05) is 75.2 Å². The van der Waals surface area contributed by atoms with E-state index >= 15 is 0 Å². The van der Waals surface area contributed by atoms with Gasteiger partial charge in [0.1, 0.15) is 12.6 Å². The van der Waals surface area contributed by atoms with Crippen molar-refractivity contribution in [3.8, 4) is 11.1 Å². The third-order valence-electron chi connectivity index (χ3n) is 7.18. The molecule has 7 heteroatoms. The van der Waals surface area contributed by atoms with E-state index in [2.05, 4.69) is 22.8 Å². The van der Waals surface area contributed by atoms with Crippen molar-refractivity contribution in [2.45, 2.75) is 51.5 Å². The van der Waals surface area contributed by atoms with E-state index in [9.17, 15) is 19.5 Å². The van der Waals surface area contributed by atoms with E-state index in [-0.39, 0.29) is 25.0 Å². The van der Waals surface area contributed by atoms with Gasteiger partial charge < -0.3 is 20.5 Å². The first-order valence-corrected chi connectivity index (χ1v) is 11.9. The Labute approximate surface area is 199 Å². The third kappa shape index (κ3) is 4.65. The average molecular weight is 465 g/mol. The highest BCUT2D eigenvalue weighted by atomic mass is 16.5. The van der Waals surface area contributed by atoms with Crippen LogP contribution in [0.4, 0.5) is 4.79 Å². The van der Waals surface area contributed by atoms with Crippen LogP contribution >= 0.6 is 0 Å². The minimum Gasteiger partial charge on any atom is -0.481 e. The number of carboxylic acid groups (broad SMARTS) is 1. The lowest BCUT2D eigenvalue weighted by Gasteiger charge is -2.27. The summed E-state index contributed by atoms with van der Waals surface area (Å²) >= 11 is 0. The summed E-state index contributed by atoms with van der Waals surface area (Å²) in [6.07, 6.45) is 2.12. The van der Waals surface area contributed by atoms with Crippen LogP contribution in [0.5, 0.6) is 0 Å². The molecule has 0 bridgehead atoms. The first kappa shape index (κ1) is 23.8. The summed E-state index contributed by atoms with van der Waals surface area (Å²) in [6.45, 7) is 3.89. The first-order valence-electron chi connectivity index (χ1n) is 11.9. The number of amides is 2. The summed E-state index contributed by atoms with van der Waals surface area (Å²) in [5.41, 5.74) is 3.60. The largest absolute Gasteiger partial charge is 0.481 e. The topological polar surface area (TPSA) is 105 Å². The number of aliphatic carboxylic acids is 1. The zero-order valence-electron chi connectivity index (χ0n) is 19.7. The molecule has 180 valence electrons. The zero-order valence-corrected chi connectivity index (χ0v) is 19.7. The lowest BCUT2D eigenvalue weighted by atomic mass is 9.86. The predicted molar refractivity (Wildman–Crippen MR) is 128 cm³/mol. The molecule has 2 amide bonds. The van der Waals surface area contributed by atoms with Crippen LogP contribution in [0, 0.1) is 11.3 Å². The molecule has 2 aromatic rings. The van der Waals surface area contributed by atoms with E-state index in [0.29, 0.717) is 12.8 Å². The van der Waals surface area contributed by atoms with Gasteiger partial charge in [-0.05, 0) is 41.0 Å². The number of carbonyl (C=O) groups excluding carboxylic acids is 2. The Balaban J connectivity index is 1.37. The van der Waals surface area contributed by atoms with Crippen molar-refractivity contribution >= 4 is 18.0 Å². The molecule has 0 radical (unpaired) electrons. The van der Waals surface area contributed by atoms with Crippen molar-refractivity contribution in [3.05, 3.63) is 59.7 Å². The summed E-state index contributed by atoms with van der Waals surface area (Å²) < 4.78 is 5.58. The number of benzene rings is 2. The Morgan fingerprint density at radius 2 is 1.56 bits per heavy atom. The number of hydrogen-bond acceptors (Lipinski definition) is 4. The van der Waals surface area contributed by atoms with Crippen LogP contribution in [0.25, 0.3) is 11.1 Å². The zero-order chi connectivity index (χ0) is 24.3. The van der Waals surface area contributed by atoms with Gasteiger partial charge in [-0.15, -0.1) is 0 Å². The molecule has 2 aliphatic rings. The molecule has 7 nitrogen and oxygen atoms in total. The monoisotopic (exact) mass is 464 g/mol. The molecular weight excluding hydrogens is 432 g/mol. The molecule has 1 saturated carbocycles. The molecular formula is C27H32N2O5. The lowest BCUT2D eigenvalue weighted by molar-refractivity contribution is -0.148. The second-order valence-corrected chi connectivity index (χ2v) is 9.70. The third-order valence-corrected chi connectivity index (χ3v) is 7.18. The molecule has 0 heterocycles. The molecule has 4 rings (SSSR count). The van der Waals surface area contributed by atoms with Crippen molar-refractivity contribution in [1.29, 1.82) is 0 Å². The minimum absolute atomic E-state index is 0.0662. The van der Waals surface area contributed by atoms with Gasteiger partial charge in [0.25, 0.3) is 0 Å². The lowest BCUT2D eigenvalue weighted by Crippen LogP contribution is -2.52. The molecule has 1 fully saturated rings. The van der Waals surface area contributed by atoms with Crippen molar-refractivity contribution in [2.75, 3.05) is 13.2 Å². The molecule has 3 N–H and O–H groups in total. The fourth-order valence-electron chi connectivity index (χ4n) is 5.19. The van der Waals surface area contributed by atoms with Crippen molar-refractivity contribution in [1.82, 2.24) is 10.6 Å². The minimum atomic E-state index is -0.916. The van der Waals surface area contributed by atoms with Crippen LogP contribution in [0.2, 0.25) is 0 Å². The van der Waals surface area contributed by atoms with Gasteiger partial charge in [-0.25, -0.2) is 4.79 Å². The first-order chi connectivity index (χ1) is 16.3. The van der Waals surface area contributed by atoms with Crippen LogP contribution in [0.3, 0.4) is 0 Å². The highest BCUT2D eigenvalue weighted by molar-refractivity contribution is 5.87. The maximum Gasteiger partial charge on any atom is 0.407 e. The molecule has 0 saturated heterocycles. The molecule has 1 unspecified atom stereocenters. The fourth-order valence-corrected chi connectivity index (χ4v) is 5.19. The van der Waals surface area contributed by atoms with E-state index in [0.717, 1.165) is 35.1 Å². The molecule has 34 heavy (non-hydrogen) atoms. The van der Waals surface area contributed by atoms with Gasteiger partial charge >= 0.3 is 12.1 Å². The number of carbonyl (C=O) groups is 3. The molecule has 1 atom stereocenters. The number of hydrogen-bond donors (Lipinski definition) is 3. The molecule has 2 aliphatic carbocycles. The smallest absolute Gasteiger partial charge is 0.407 e. The Hall–Kier alpha value is -3.35. The maximum absolute atomic E-state index is 12.9. The average Bonchev–Trinajstić information content (AvgIpc) is 3.43. The van der Waals surface area contributed by atoms with E-state index in [1.165, 1.54) is 0 Å². The van der Waals surface area contributed by atoms with Crippen LogP contribution < -0.4 is 10.6 Å². The fraction of sp³-hybridized carbons (Fsp3) is 0.444. The van der Waals surface area contributed by atoms with E-state index < -0.39 is 29.4 Å². The van der Waals surface area contributed by atoms with Gasteiger partial charge in [-0.2, -0.15) is 0 Å². The van der Waals surface area contributed by atoms with E-state index in [4.69, 9.17) is 4.74 Å². The summed E-state index contributed by atoms with van der Waals surface area (Å²) in [6, 6.07) is 15.4. The van der Waals surface area contributed by atoms with Crippen molar-refractivity contribution in [2.24, 2.45) is 11.3 Å². The standard InChI is InChI=1S/C27H32N2O5/c1-17(2)23(24(30)28-16-27(25(31)32)13-7-8-14-27)29-26(33)34-15-22-20-11-5-3-9-18(20)19-10-4-6-12-21(19)22/h3-6,9-12,17,22-23H,7-8,13-16H2,1-2H3,(H,28,30)(H,29,33)(H,31,32). The Kier molecular flexibility index (Phi) is 6.91. The number of alkyl carbamates (subject to hydrolysis) is 1. The normalized spacial score (nSPS) is 17.0. The highest BCUT2D eigenvalue weighted by Crippen LogP contribution is 2.44. The summed E-state index contributed by atoms with van der Waals surface area (Å²) in [7, 11) is 0. The summed E-state index contributed by atoms with van der Waals surface area (Å²) in [4.78, 5) is 37.3.